The van der Waals surface area contributed by atoms with Crippen molar-refractivity contribution in [2.45, 2.75) is 26.2 Å². The Bertz CT molecular complexity index is 175. The van der Waals surface area contributed by atoms with Crippen LogP contribution in [0.15, 0.2) is 4.99 Å². The van der Waals surface area contributed by atoms with Crippen molar-refractivity contribution in [3.8, 4) is 0 Å². The Morgan fingerprint density at radius 1 is 1.73 bits per heavy atom. The molecule has 0 radical (unpaired) electrons. The summed E-state index contributed by atoms with van der Waals surface area (Å²) in [6, 6.07) is 0. The molecule has 11 heavy (non-hydrogen) atoms. The number of carbonyl (C=O) groups is 1. The van der Waals surface area contributed by atoms with Gasteiger partial charge in [-0.05, 0) is 6.42 Å². The highest BCUT2D eigenvalue weighted by Gasteiger charge is 2.11. The SMILES string of the molecule is CCCC(=O)CC1=NCCO1. The first kappa shape index (κ1) is 8.24. The van der Waals surface area contributed by atoms with E-state index in [-0.39, 0.29) is 5.78 Å². The fourth-order valence-electron chi connectivity index (χ4n) is 1.02. The van der Waals surface area contributed by atoms with Crippen molar-refractivity contribution in [1.82, 2.24) is 0 Å². The van der Waals surface area contributed by atoms with Crippen molar-refractivity contribution in [2.75, 3.05) is 13.2 Å². The molecule has 0 N–H and O–H groups in total. The summed E-state index contributed by atoms with van der Waals surface area (Å²) in [5.74, 6) is 0.858. The third kappa shape index (κ3) is 2.70. The van der Waals surface area contributed by atoms with E-state index in [2.05, 4.69) is 4.99 Å². The molecule has 0 fully saturated rings. The predicted octanol–water partition coefficient (Wildman–Crippen LogP) is 1.17. The van der Waals surface area contributed by atoms with Gasteiger partial charge in [0.25, 0.3) is 0 Å². The average molecular weight is 155 g/mol. The van der Waals surface area contributed by atoms with Crippen LogP contribution in [0.2, 0.25) is 0 Å². The van der Waals surface area contributed by atoms with E-state index >= 15 is 0 Å². The monoisotopic (exact) mass is 155 g/mol. The lowest BCUT2D eigenvalue weighted by Gasteiger charge is -1.98. The summed E-state index contributed by atoms with van der Waals surface area (Å²) in [5, 5.41) is 0. The fourth-order valence-corrected chi connectivity index (χ4v) is 1.02. The van der Waals surface area contributed by atoms with Crippen molar-refractivity contribution in [3.05, 3.63) is 0 Å². The largest absolute Gasteiger partial charge is 0.479 e. The van der Waals surface area contributed by atoms with E-state index in [1.807, 2.05) is 6.92 Å². The number of ether oxygens (including phenoxy) is 1. The van der Waals surface area contributed by atoms with E-state index in [0.717, 1.165) is 13.0 Å². The van der Waals surface area contributed by atoms with Crippen molar-refractivity contribution >= 4 is 11.7 Å². The third-order valence-electron chi connectivity index (χ3n) is 1.53. The Morgan fingerprint density at radius 2 is 2.55 bits per heavy atom. The van der Waals surface area contributed by atoms with Crippen molar-refractivity contribution in [3.63, 3.8) is 0 Å². The number of hydrogen-bond acceptors (Lipinski definition) is 3. The lowest BCUT2D eigenvalue weighted by Crippen LogP contribution is -2.07. The maximum atomic E-state index is 11.0. The predicted molar refractivity (Wildman–Crippen MR) is 42.8 cm³/mol. The van der Waals surface area contributed by atoms with Gasteiger partial charge in [0.05, 0.1) is 13.0 Å². The molecular formula is C8H13NO2. The fraction of sp³-hybridized carbons (Fsp3) is 0.750. The van der Waals surface area contributed by atoms with Gasteiger partial charge in [-0.1, -0.05) is 6.92 Å². The van der Waals surface area contributed by atoms with Gasteiger partial charge in [0.15, 0.2) is 5.90 Å². The molecule has 1 aliphatic heterocycles. The molecule has 0 unspecified atom stereocenters. The number of aliphatic imine (C=N–C) groups is 1. The maximum absolute atomic E-state index is 11.0. The molecule has 0 amide bonds. The van der Waals surface area contributed by atoms with E-state index in [0.29, 0.717) is 25.3 Å². The highest BCUT2D eigenvalue weighted by atomic mass is 16.5. The van der Waals surface area contributed by atoms with Gasteiger partial charge in [0.1, 0.15) is 12.4 Å². The van der Waals surface area contributed by atoms with E-state index in [9.17, 15) is 4.79 Å². The lowest BCUT2D eigenvalue weighted by atomic mass is 10.2. The van der Waals surface area contributed by atoms with Gasteiger partial charge < -0.3 is 4.74 Å². The summed E-state index contributed by atoms with van der Waals surface area (Å²) in [7, 11) is 0. The maximum Gasteiger partial charge on any atom is 0.190 e. The number of carbonyl (C=O) groups excluding carboxylic acids is 1. The molecule has 0 atom stereocenters. The molecule has 1 rings (SSSR count). The van der Waals surface area contributed by atoms with Crippen LogP contribution in [0.5, 0.6) is 0 Å². The van der Waals surface area contributed by atoms with Crippen LogP contribution in [0.3, 0.4) is 0 Å². The molecule has 0 spiro atoms. The Hall–Kier alpha value is -0.860. The van der Waals surface area contributed by atoms with Crippen LogP contribution in [-0.2, 0) is 9.53 Å². The van der Waals surface area contributed by atoms with Gasteiger partial charge in [-0.15, -0.1) is 0 Å². The third-order valence-corrected chi connectivity index (χ3v) is 1.53. The molecule has 0 saturated heterocycles. The normalized spacial score (nSPS) is 15.9. The lowest BCUT2D eigenvalue weighted by molar-refractivity contribution is -0.118. The van der Waals surface area contributed by atoms with E-state index < -0.39 is 0 Å². The van der Waals surface area contributed by atoms with Crippen LogP contribution >= 0.6 is 0 Å². The van der Waals surface area contributed by atoms with Gasteiger partial charge >= 0.3 is 0 Å². The first-order valence-corrected chi connectivity index (χ1v) is 4.00. The summed E-state index contributed by atoms with van der Waals surface area (Å²) >= 11 is 0. The average Bonchev–Trinajstić information content (AvgIpc) is 2.40. The summed E-state index contributed by atoms with van der Waals surface area (Å²) in [5.41, 5.74) is 0. The number of Topliss-reactive ketones (excluding diaryl/α,β-unsaturated/α-hetero) is 1. The summed E-state index contributed by atoms with van der Waals surface area (Å²) in [4.78, 5) is 15.1. The van der Waals surface area contributed by atoms with E-state index in [4.69, 9.17) is 4.74 Å². The summed E-state index contributed by atoms with van der Waals surface area (Å²) < 4.78 is 5.10. The van der Waals surface area contributed by atoms with Gasteiger partial charge in [-0.2, -0.15) is 0 Å². The molecule has 0 aliphatic carbocycles. The van der Waals surface area contributed by atoms with Gasteiger partial charge in [0.2, 0.25) is 0 Å². The first-order chi connectivity index (χ1) is 5.33. The van der Waals surface area contributed by atoms with Crippen LogP contribution in [0, 0.1) is 0 Å². The Labute approximate surface area is 66.5 Å². The second-order valence-corrected chi connectivity index (χ2v) is 2.59. The van der Waals surface area contributed by atoms with Crippen molar-refractivity contribution in [2.24, 2.45) is 4.99 Å². The molecule has 1 heterocycles. The van der Waals surface area contributed by atoms with Crippen LogP contribution in [0.25, 0.3) is 0 Å². The summed E-state index contributed by atoms with van der Waals surface area (Å²) in [6.45, 7) is 3.36. The van der Waals surface area contributed by atoms with Gasteiger partial charge in [0, 0.05) is 6.42 Å². The summed E-state index contributed by atoms with van der Waals surface area (Å²) in [6.07, 6.45) is 1.95. The van der Waals surface area contributed by atoms with Gasteiger partial charge in [-0.3, -0.25) is 9.79 Å². The Morgan fingerprint density at radius 3 is 3.09 bits per heavy atom. The standard InChI is InChI=1S/C8H13NO2/c1-2-3-7(10)6-8-9-4-5-11-8/h2-6H2,1H3. The van der Waals surface area contributed by atoms with Crippen LogP contribution in [-0.4, -0.2) is 24.8 Å². The van der Waals surface area contributed by atoms with Crippen molar-refractivity contribution < 1.29 is 9.53 Å². The molecule has 3 nitrogen and oxygen atoms in total. The van der Waals surface area contributed by atoms with E-state index in [1.165, 1.54) is 0 Å². The molecule has 1 aliphatic rings. The highest BCUT2D eigenvalue weighted by Crippen LogP contribution is 2.02. The van der Waals surface area contributed by atoms with Crippen molar-refractivity contribution in [1.29, 1.82) is 0 Å². The zero-order chi connectivity index (χ0) is 8.10. The molecular weight excluding hydrogens is 142 g/mol. The quantitative estimate of drug-likeness (QED) is 0.611. The van der Waals surface area contributed by atoms with Crippen LogP contribution in [0.4, 0.5) is 0 Å². The number of ketones is 1. The Kier molecular flexibility index (Phi) is 3.08. The number of nitrogens with zero attached hydrogens (tertiary/aromatic N) is 1. The molecule has 3 heteroatoms. The zero-order valence-corrected chi connectivity index (χ0v) is 6.80. The Balaban J connectivity index is 2.24. The number of rotatable bonds is 4. The minimum atomic E-state index is 0.230. The second kappa shape index (κ2) is 4.11. The molecule has 0 bridgehead atoms. The van der Waals surface area contributed by atoms with Crippen LogP contribution in [0.1, 0.15) is 26.2 Å². The first-order valence-electron chi connectivity index (χ1n) is 4.00. The van der Waals surface area contributed by atoms with E-state index in [1.54, 1.807) is 0 Å². The molecule has 0 aromatic carbocycles. The molecule has 0 aromatic heterocycles. The number of hydrogen-bond donors (Lipinski definition) is 0. The minimum Gasteiger partial charge on any atom is -0.479 e. The smallest absolute Gasteiger partial charge is 0.190 e. The molecule has 0 saturated carbocycles. The molecule has 62 valence electrons. The zero-order valence-electron chi connectivity index (χ0n) is 6.80. The van der Waals surface area contributed by atoms with Gasteiger partial charge in [-0.25, -0.2) is 0 Å². The topological polar surface area (TPSA) is 38.7 Å². The minimum absolute atomic E-state index is 0.230. The highest BCUT2D eigenvalue weighted by molar-refractivity contribution is 5.98. The second-order valence-electron chi connectivity index (χ2n) is 2.59. The van der Waals surface area contributed by atoms with Crippen LogP contribution < -0.4 is 0 Å². The molecule has 0 aromatic rings.